The van der Waals surface area contributed by atoms with Gasteiger partial charge < -0.3 is 0 Å². The second kappa shape index (κ2) is 3.58. The maximum absolute atomic E-state index is 4.61. The summed E-state index contributed by atoms with van der Waals surface area (Å²) in [5, 5.41) is 4.61. The maximum atomic E-state index is 4.61. The Kier molecular flexibility index (Phi) is 2.49. The summed E-state index contributed by atoms with van der Waals surface area (Å²) in [5.74, 6) is 0. The quantitative estimate of drug-likeness (QED) is 0.735. The highest BCUT2D eigenvalue weighted by molar-refractivity contribution is 5.53. The van der Waals surface area contributed by atoms with Crippen molar-refractivity contribution in [3.63, 3.8) is 0 Å². The lowest BCUT2D eigenvalue weighted by Crippen LogP contribution is -2.13. The van der Waals surface area contributed by atoms with Crippen LogP contribution in [0.15, 0.2) is 12.4 Å². The van der Waals surface area contributed by atoms with Crippen LogP contribution in [-0.4, -0.2) is 14.6 Å². The molecule has 2 aromatic heterocycles. The van der Waals surface area contributed by atoms with Gasteiger partial charge in [0.25, 0.3) is 0 Å². The molecule has 3 nitrogen and oxygen atoms in total. The molecule has 0 aliphatic carbocycles. The van der Waals surface area contributed by atoms with E-state index in [4.69, 9.17) is 0 Å². The van der Waals surface area contributed by atoms with E-state index in [1.165, 1.54) is 5.56 Å². The summed E-state index contributed by atoms with van der Waals surface area (Å²) < 4.78 is 1.91. The van der Waals surface area contributed by atoms with E-state index in [1.54, 1.807) is 0 Å². The molecule has 0 unspecified atom stereocenters. The van der Waals surface area contributed by atoms with Crippen LogP contribution in [0.1, 0.15) is 44.5 Å². The maximum Gasteiger partial charge on any atom is 0.158 e. The highest BCUT2D eigenvalue weighted by Crippen LogP contribution is 2.29. The standard InChI is InChI=1S/C13H19N3/c1-6-10-11(13(3,4)5)12-14-7-9(2)8-16(12)15-10/h7-8H,6H2,1-5H3. The Hall–Kier alpha value is -1.38. The molecule has 0 fully saturated rings. The molecule has 0 radical (unpaired) electrons. The molecule has 0 saturated carbocycles. The van der Waals surface area contributed by atoms with Crippen molar-refractivity contribution in [2.24, 2.45) is 0 Å². The first-order valence-corrected chi connectivity index (χ1v) is 5.78. The summed E-state index contributed by atoms with van der Waals surface area (Å²) in [4.78, 5) is 4.52. The van der Waals surface area contributed by atoms with Crippen molar-refractivity contribution in [2.45, 2.75) is 46.5 Å². The van der Waals surface area contributed by atoms with E-state index < -0.39 is 0 Å². The minimum atomic E-state index is 0.0926. The Morgan fingerprint density at radius 3 is 2.56 bits per heavy atom. The van der Waals surface area contributed by atoms with Crippen molar-refractivity contribution in [1.29, 1.82) is 0 Å². The first-order valence-electron chi connectivity index (χ1n) is 5.78. The summed E-state index contributed by atoms with van der Waals surface area (Å²) in [6.45, 7) is 10.8. The van der Waals surface area contributed by atoms with Gasteiger partial charge >= 0.3 is 0 Å². The van der Waals surface area contributed by atoms with E-state index in [1.807, 2.05) is 23.8 Å². The zero-order chi connectivity index (χ0) is 11.9. The van der Waals surface area contributed by atoms with Gasteiger partial charge in [0, 0.05) is 18.0 Å². The number of fused-ring (bicyclic) bond motifs is 1. The Balaban J connectivity index is 2.79. The first kappa shape index (κ1) is 11.1. The zero-order valence-electron chi connectivity index (χ0n) is 10.7. The molecule has 2 rings (SSSR count). The second-order valence-corrected chi connectivity index (χ2v) is 5.32. The van der Waals surface area contributed by atoms with Crippen LogP contribution in [0.4, 0.5) is 0 Å². The van der Waals surface area contributed by atoms with Gasteiger partial charge in [0.2, 0.25) is 0 Å². The predicted octanol–water partition coefficient (Wildman–Crippen LogP) is 2.90. The van der Waals surface area contributed by atoms with E-state index in [0.717, 1.165) is 23.3 Å². The van der Waals surface area contributed by atoms with Gasteiger partial charge in [-0.1, -0.05) is 27.7 Å². The third kappa shape index (κ3) is 1.70. The molecule has 16 heavy (non-hydrogen) atoms. The molecule has 0 aliphatic heterocycles. The lowest BCUT2D eigenvalue weighted by atomic mass is 9.86. The largest absolute Gasteiger partial charge is 0.236 e. The lowest BCUT2D eigenvalue weighted by Gasteiger charge is -2.18. The van der Waals surface area contributed by atoms with E-state index in [0.29, 0.717) is 0 Å². The minimum Gasteiger partial charge on any atom is -0.236 e. The molecule has 2 heterocycles. The van der Waals surface area contributed by atoms with Gasteiger partial charge in [0.1, 0.15) is 0 Å². The number of rotatable bonds is 1. The highest BCUT2D eigenvalue weighted by atomic mass is 15.3. The van der Waals surface area contributed by atoms with Gasteiger partial charge in [0.15, 0.2) is 5.65 Å². The van der Waals surface area contributed by atoms with Crippen molar-refractivity contribution >= 4 is 5.65 Å². The van der Waals surface area contributed by atoms with Gasteiger partial charge in [-0.15, -0.1) is 0 Å². The summed E-state index contributed by atoms with van der Waals surface area (Å²) in [5.41, 5.74) is 4.66. The molecule has 0 N–H and O–H groups in total. The second-order valence-electron chi connectivity index (χ2n) is 5.32. The molecule has 0 atom stereocenters. The third-order valence-corrected chi connectivity index (χ3v) is 2.76. The molecule has 2 aromatic rings. The topological polar surface area (TPSA) is 30.2 Å². The number of aromatic nitrogens is 3. The Labute approximate surface area is 96.5 Å². The monoisotopic (exact) mass is 217 g/mol. The minimum absolute atomic E-state index is 0.0926. The van der Waals surface area contributed by atoms with Gasteiger partial charge in [0.05, 0.1) is 5.69 Å². The Bertz CT molecular complexity index is 518. The van der Waals surface area contributed by atoms with Crippen LogP contribution < -0.4 is 0 Å². The SMILES string of the molecule is CCc1nn2cc(C)cnc2c1C(C)(C)C. The van der Waals surface area contributed by atoms with E-state index in [9.17, 15) is 0 Å². The van der Waals surface area contributed by atoms with Crippen molar-refractivity contribution in [3.8, 4) is 0 Å². The van der Waals surface area contributed by atoms with E-state index >= 15 is 0 Å². The zero-order valence-corrected chi connectivity index (χ0v) is 10.7. The average Bonchev–Trinajstić information content (AvgIpc) is 2.54. The number of hydrogen-bond donors (Lipinski definition) is 0. The van der Waals surface area contributed by atoms with Crippen LogP contribution in [-0.2, 0) is 11.8 Å². The molecule has 0 amide bonds. The fourth-order valence-corrected chi connectivity index (χ4v) is 2.09. The predicted molar refractivity (Wildman–Crippen MR) is 65.8 cm³/mol. The van der Waals surface area contributed by atoms with Crippen LogP contribution in [0.3, 0.4) is 0 Å². The number of hydrogen-bond acceptors (Lipinski definition) is 2. The molecular weight excluding hydrogens is 198 g/mol. The molecule has 0 aromatic carbocycles. The third-order valence-electron chi connectivity index (χ3n) is 2.76. The summed E-state index contributed by atoms with van der Waals surface area (Å²) >= 11 is 0. The van der Waals surface area contributed by atoms with E-state index in [2.05, 4.69) is 37.8 Å². The summed E-state index contributed by atoms with van der Waals surface area (Å²) in [6.07, 6.45) is 4.90. The molecule has 0 bridgehead atoms. The molecule has 0 aliphatic rings. The summed E-state index contributed by atoms with van der Waals surface area (Å²) in [6, 6.07) is 0. The van der Waals surface area contributed by atoms with E-state index in [-0.39, 0.29) is 5.41 Å². The normalized spacial score (nSPS) is 12.3. The van der Waals surface area contributed by atoms with Crippen molar-refractivity contribution < 1.29 is 0 Å². The molecule has 0 spiro atoms. The van der Waals surface area contributed by atoms with Gasteiger partial charge in [-0.25, -0.2) is 9.50 Å². The molecule has 3 heteroatoms. The Morgan fingerprint density at radius 1 is 1.31 bits per heavy atom. The Morgan fingerprint density at radius 2 is 2.00 bits per heavy atom. The summed E-state index contributed by atoms with van der Waals surface area (Å²) in [7, 11) is 0. The first-order chi connectivity index (χ1) is 7.43. The molecule has 0 saturated heterocycles. The fourth-order valence-electron chi connectivity index (χ4n) is 2.09. The van der Waals surface area contributed by atoms with Gasteiger partial charge in [-0.2, -0.15) is 5.10 Å². The number of nitrogens with zero attached hydrogens (tertiary/aromatic N) is 3. The van der Waals surface area contributed by atoms with Crippen LogP contribution in [0.2, 0.25) is 0 Å². The highest BCUT2D eigenvalue weighted by Gasteiger charge is 2.24. The fraction of sp³-hybridized carbons (Fsp3) is 0.538. The van der Waals surface area contributed by atoms with Crippen LogP contribution in [0.5, 0.6) is 0 Å². The van der Waals surface area contributed by atoms with Crippen LogP contribution >= 0.6 is 0 Å². The van der Waals surface area contributed by atoms with Gasteiger partial charge in [-0.3, -0.25) is 0 Å². The number of aryl methyl sites for hydroxylation is 2. The van der Waals surface area contributed by atoms with Crippen molar-refractivity contribution in [1.82, 2.24) is 14.6 Å². The van der Waals surface area contributed by atoms with Crippen LogP contribution in [0, 0.1) is 6.92 Å². The smallest absolute Gasteiger partial charge is 0.158 e. The van der Waals surface area contributed by atoms with Crippen LogP contribution in [0.25, 0.3) is 5.65 Å². The van der Waals surface area contributed by atoms with Crippen molar-refractivity contribution in [3.05, 3.63) is 29.2 Å². The van der Waals surface area contributed by atoms with Gasteiger partial charge in [-0.05, 0) is 24.3 Å². The molecular formula is C13H19N3. The lowest BCUT2D eigenvalue weighted by molar-refractivity contribution is 0.587. The average molecular weight is 217 g/mol. The molecule has 86 valence electrons. The van der Waals surface area contributed by atoms with Crippen molar-refractivity contribution in [2.75, 3.05) is 0 Å².